The first-order valence-electron chi connectivity index (χ1n) is 5.01. The molecule has 0 aliphatic carbocycles. The monoisotopic (exact) mass is 179 g/mol. The van der Waals surface area contributed by atoms with E-state index in [0.717, 1.165) is 6.54 Å². The molecule has 1 aliphatic rings. The van der Waals surface area contributed by atoms with Crippen molar-refractivity contribution >= 4 is 0 Å². The number of hydrogen-bond donors (Lipinski definition) is 1. The standard InChI is InChI=1S/C10H17N3/c1-7-4-3-5-13-9(8(2)11)6-12-10(7)13/h6-8H,3-5,11H2,1-2H3. The Hall–Kier alpha value is -0.830. The molecule has 0 spiro atoms. The van der Waals surface area contributed by atoms with E-state index in [1.54, 1.807) is 0 Å². The van der Waals surface area contributed by atoms with Gasteiger partial charge >= 0.3 is 0 Å². The predicted molar refractivity (Wildman–Crippen MR) is 52.5 cm³/mol. The lowest BCUT2D eigenvalue weighted by molar-refractivity contribution is 0.448. The van der Waals surface area contributed by atoms with Crippen LogP contribution >= 0.6 is 0 Å². The van der Waals surface area contributed by atoms with Crippen molar-refractivity contribution in [2.75, 3.05) is 0 Å². The predicted octanol–water partition coefficient (Wildman–Crippen LogP) is 1.80. The quantitative estimate of drug-likeness (QED) is 0.714. The summed E-state index contributed by atoms with van der Waals surface area (Å²) in [6, 6.07) is 0.103. The van der Waals surface area contributed by atoms with Gasteiger partial charge in [-0.15, -0.1) is 0 Å². The lowest BCUT2D eigenvalue weighted by atomic mass is 10.0. The smallest absolute Gasteiger partial charge is 0.111 e. The second kappa shape index (κ2) is 3.14. The fourth-order valence-electron chi connectivity index (χ4n) is 2.09. The zero-order valence-electron chi connectivity index (χ0n) is 8.33. The molecule has 3 nitrogen and oxygen atoms in total. The van der Waals surface area contributed by atoms with Crippen molar-refractivity contribution in [3.63, 3.8) is 0 Å². The Morgan fingerprint density at radius 3 is 3.15 bits per heavy atom. The highest BCUT2D eigenvalue weighted by atomic mass is 15.1. The third-order valence-corrected chi connectivity index (χ3v) is 2.84. The van der Waals surface area contributed by atoms with E-state index < -0.39 is 0 Å². The molecule has 0 radical (unpaired) electrons. The summed E-state index contributed by atoms with van der Waals surface area (Å²) in [7, 11) is 0. The number of hydrogen-bond acceptors (Lipinski definition) is 2. The molecule has 0 aromatic carbocycles. The van der Waals surface area contributed by atoms with Crippen LogP contribution in [0.15, 0.2) is 6.20 Å². The van der Waals surface area contributed by atoms with Crippen molar-refractivity contribution in [1.82, 2.24) is 9.55 Å². The van der Waals surface area contributed by atoms with Crippen LogP contribution in [0.1, 0.15) is 50.2 Å². The van der Waals surface area contributed by atoms with Crippen LogP contribution in [0.4, 0.5) is 0 Å². The van der Waals surface area contributed by atoms with Gasteiger partial charge in [0.15, 0.2) is 0 Å². The molecule has 0 bridgehead atoms. The first-order chi connectivity index (χ1) is 6.20. The van der Waals surface area contributed by atoms with E-state index in [0.29, 0.717) is 5.92 Å². The highest BCUT2D eigenvalue weighted by Crippen LogP contribution is 2.28. The van der Waals surface area contributed by atoms with Crippen molar-refractivity contribution < 1.29 is 0 Å². The van der Waals surface area contributed by atoms with E-state index >= 15 is 0 Å². The number of nitrogens with zero attached hydrogens (tertiary/aromatic N) is 2. The number of nitrogens with two attached hydrogens (primary N) is 1. The third-order valence-electron chi connectivity index (χ3n) is 2.84. The number of aromatic nitrogens is 2. The minimum absolute atomic E-state index is 0.103. The minimum atomic E-state index is 0.103. The van der Waals surface area contributed by atoms with Crippen molar-refractivity contribution in [1.29, 1.82) is 0 Å². The zero-order valence-corrected chi connectivity index (χ0v) is 8.33. The largest absolute Gasteiger partial charge is 0.330 e. The second-order valence-electron chi connectivity index (χ2n) is 4.02. The maximum atomic E-state index is 5.87. The summed E-state index contributed by atoms with van der Waals surface area (Å²) in [5.74, 6) is 1.82. The van der Waals surface area contributed by atoms with Gasteiger partial charge in [0.05, 0.1) is 11.9 Å². The molecule has 13 heavy (non-hydrogen) atoms. The lowest BCUT2D eigenvalue weighted by Gasteiger charge is -2.22. The first-order valence-corrected chi connectivity index (χ1v) is 5.01. The van der Waals surface area contributed by atoms with Crippen LogP contribution < -0.4 is 5.73 Å². The SMILES string of the molecule is CC(N)c1cnc2n1CCCC2C. The average Bonchev–Trinajstić information content (AvgIpc) is 2.48. The van der Waals surface area contributed by atoms with Crippen molar-refractivity contribution in [2.45, 2.75) is 45.2 Å². The Morgan fingerprint density at radius 1 is 1.69 bits per heavy atom. The summed E-state index contributed by atoms with van der Waals surface area (Å²) in [6.07, 6.45) is 4.45. The molecule has 2 heterocycles. The molecule has 0 saturated carbocycles. The molecule has 2 atom stereocenters. The van der Waals surface area contributed by atoms with Gasteiger partial charge in [-0.3, -0.25) is 0 Å². The van der Waals surface area contributed by atoms with Crippen LogP contribution in [-0.2, 0) is 6.54 Å². The Morgan fingerprint density at radius 2 is 2.46 bits per heavy atom. The molecular formula is C10H17N3. The molecule has 0 saturated heterocycles. The van der Waals surface area contributed by atoms with Gasteiger partial charge in [0.25, 0.3) is 0 Å². The van der Waals surface area contributed by atoms with Gasteiger partial charge in [0.1, 0.15) is 5.82 Å². The molecule has 72 valence electrons. The average molecular weight is 179 g/mol. The van der Waals surface area contributed by atoms with E-state index in [2.05, 4.69) is 16.5 Å². The fraction of sp³-hybridized carbons (Fsp3) is 0.700. The fourth-order valence-corrected chi connectivity index (χ4v) is 2.09. The van der Waals surface area contributed by atoms with Crippen LogP contribution in [0.3, 0.4) is 0 Å². The molecule has 2 N–H and O–H groups in total. The molecule has 1 aromatic heterocycles. The first kappa shape index (κ1) is 8.75. The van der Waals surface area contributed by atoms with E-state index in [-0.39, 0.29) is 6.04 Å². The number of fused-ring (bicyclic) bond motifs is 1. The van der Waals surface area contributed by atoms with Crippen LogP contribution in [0.2, 0.25) is 0 Å². The van der Waals surface area contributed by atoms with E-state index in [4.69, 9.17) is 5.73 Å². The summed E-state index contributed by atoms with van der Waals surface area (Å²) in [6.45, 7) is 5.35. The molecule has 2 unspecified atom stereocenters. The van der Waals surface area contributed by atoms with Gasteiger partial charge in [-0.25, -0.2) is 4.98 Å². The van der Waals surface area contributed by atoms with Crippen LogP contribution in [0.25, 0.3) is 0 Å². The van der Waals surface area contributed by atoms with Gasteiger partial charge in [-0.1, -0.05) is 6.92 Å². The van der Waals surface area contributed by atoms with Crippen LogP contribution in [-0.4, -0.2) is 9.55 Å². The maximum Gasteiger partial charge on any atom is 0.111 e. The van der Waals surface area contributed by atoms with Crippen LogP contribution in [0, 0.1) is 0 Å². The van der Waals surface area contributed by atoms with E-state index in [1.807, 2.05) is 13.1 Å². The Kier molecular flexibility index (Phi) is 2.12. The van der Waals surface area contributed by atoms with Gasteiger partial charge < -0.3 is 10.3 Å². The highest BCUT2D eigenvalue weighted by molar-refractivity contribution is 5.13. The topological polar surface area (TPSA) is 43.8 Å². The summed E-state index contributed by atoms with van der Waals surface area (Å²) in [5, 5.41) is 0. The summed E-state index contributed by atoms with van der Waals surface area (Å²) >= 11 is 0. The summed E-state index contributed by atoms with van der Waals surface area (Å²) < 4.78 is 2.29. The molecule has 0 fully saturated rings. The Bertz CT molecular complexity index is 288. The van der Waals surface area contributed by atoms with Crippen LogP contribution in [0.5, 0.6) is 0 Å². The molecule has 1 aromatic rings. The van der Waals surface area contributed by atoms with E-state index in [9.17, 15) is 0 Å². The van der Waals surface area contributed by atoms with Crippen molar-refractivity contribution in [2.24, 2.45) is 5.73 Å². The number of rotatable bonds is 1. The minimum Gasteiger partial charge on any atom is -0.330 e. The summed E-state index contributed by atoms with van der Waals surface area (Å²) in [4.78, 5) is 4.44. The second-order valence-corrected chi connectivity index (χ2v) is 4.02. The third kappa shape index (κ3) is 1.37. The molecule has 1 aliphatic heterocycles. The van der Waals surface area contributed by atoms with Crippen molar-refractivity contribution in [3.05, 3.63) is 17.7 Å². The van der Waals surface area contributed by atoms with E-state index in [1.165, 1.54) is 24.4 Å². The highest BCUT2D eigenvalue weighted by Gasteiger charge is 2.21. The Labute approximate surface area is 79.0 Å². The lowest BCUT2D eigenvalue weighted by Crippen LogP contribution is -2.19. The zero-order chi connectivity index (χ0) is 9.42. The van der Waals surface area contributed by atoms with Gasteiger partial charge in [0, 0.05) is 18.5 Å². The summed E-state index contributed by atoms with van der Waals surface area (Å²) in [5.41, 5.74) is 7.05. The van der Waals surface area contributed by atoms with Gasteiger partial charge in [-0.05, 0) is 19.8 Å². The number of imidazole rings is 1. The van der Waals surface area contributed by atoms with Gasteiger partial charge in [-0.2, -0.15) is 0 Å². The molecule has 0 amide bonds. The maximum absolute atomic E-state index is 5.87. The molecule has 3 heteroatoms. The van der Waals surface area contributed by atoms with Crippen molar-refractivity contribution in [3.8, 4) is 0 Å². The molecular weight excluding hydrogens is 162 g/mol. The van der Waals surface area contributed by atoms with Gasteiger partial charge in [0.2, 0.25) is 0 Å². The Balaban J connectivity index is 2.41. The normalized spacial score (nSPS) is 24.1. The molecule has 2 rings (SSSR count).